The maximum absolute atomic E-state index is 12.4. The minimum Gasteiger partial charge on any atom is -0.454 e. The van der Waals surface area contributed by atoms with Crippen molar-refractivity contribution in [3.63, 3.8) is 0 Å². The van der Waals surface area contributed by atoms with Gasteiger partial charge in [-0.2, -0.15) is 0 Å². The summed E-state index contributed by atoms with van der Waals surface area (Å²) in [5.41, 5.74) is 0.510. The Hall–Kier alpha value is -1.80. The number of sulfonamides is 1. The standard InChI is InChI=1S/C15H20N2O5S/c1-23(19,20)16-8-11-3-2-4-12(11)17-15(18)10-5-6-13-14(7-10)22-9-21-13/h5-7,11-12,16H,2-4,8-9H2,1H3,(H,17,18)/t11-,12+/m1/s1. The lowest BCUT2D eigenvalue weighted by molar-refractivity contribution is 0.0928. The zero-order valence-electron chi connectivity index (χ0n) is 12.9. The molecule has 3 rings (SSSR count). The first-order valence-corrected chi connectivity index (χ1v) is 9.47. The summed E-state index contributed by atoms with van der Waals surface area (Å²) in [6.45, 7) is 0.521. The Morgan fingerprint density at radius 3 is 2.83 bits per heavy atom. The van der Waals surface area contributed by atoms with Gasteiger partial charge < -0.3 is 14.8 Å². The van der Waals surface area contributed by atoms with Crippen molar-refractivity contribution in [2.24, 2.45) is 5.92 Å². The quantitative estimate of drug-likeness (QED) is 0.829. The zero-order valence-corrected chi connectivity index (χ0v) is 13.7. The number of carbonyl (C=O) groups excluding carboxylic acids is 1. The number of rotatable bonds is 5. The molecule has 0 aromatic heterocycles. The number of hydrogen-bond acceptors (Lipinski definition) is 5. The molecule has 0 radical (unpaired) electrons. The Morgan fingerprint density at radius 2 is 2.04 bits per heavy atom. The fourth-order valence-electron chi connectivity index (χ4n) is 3.02. The van der Waals surface area contributed by atoms with Crippen LogP contribution < -0.4 is 19.5 Å². The molecule has 0 bridgehead atoms. The molecule has 0 unspecified atom stereocenters. The van der Waals surface area contributed by atoms with Crippen LogP contribution in [0.1, 0.15) is 29.6 Å². The summed E-state index contributed by atoms with van der Waals surface area (Å²) in [6, 6.07) is 5.05. The van der Waals surface area contributed by atoms with Gasteiger partial charge in [-0.3, -0.25) is 4.79 Å². The Morgan fingerprint density at radius 1 is 1.26 bits per heavy atom. The van der Waals surface area contributed by atoms with E-state index in [1.807, 2.05) is 0 Å². The molecule has 7 nitrogen and oxygen atoms in total. The second-order valence-electron chi connectivity index (χ2n) is 5.96. The molecule has 0 spiro atoms. The minimum absolute atomic E-state index is 0.0258. The second kappa shape index (κ2) is 6.37. The molecule has 126 valence electrons. The number of carbonyl (C=O) groups is 1. The number of nitrogens with one attached hydrogen (secondary N) is 2. The number of amides is 1. The van der Waals surface area contributed by atoms with E-state index in [9.17, 15) is 13.2 Å². The summed E-state index contributed by atoms with van der Waals surface area (Å²) in [4.78, 5) is 12.4. The molecule has 1 aromatic rings. The molecular weight excluding hydrogens is 320 g/mol. The van der Waals surface area contributed by atoms with Gasteiger partial charge in [-0.1, -0.05) is 6.42 Å². The predicted octanol–water partition coefficient (Wildman–Crippen LogP) is 0.863. The van der Waals surface area contributed by atoms with Crippen molar-refractivity contribution < 1.29 is 22.7 Å². The van der Waals surface area contributed by atoms with Crippen LogP contribution in [0.5, 0.6) is 11.5 Å². The van der Waals surface area contributed by atoms with E-state index >= 15 is 0 Å². The molecule has 1 aliphatic carbocycles. The number of benzene rings is 1. The largest absolute Gasteiger partial charge is 0.454 e. The van der Waals surface area contributed by atoms with Crippen molar-refractivity contribution in [3.8, 4) is 11.5 Å². The molecule has 2 atom stereocenters. The first-order valence-electron chi connectivity index (χ1n) is 7.57. The molecule has 1 aliphatic heterocycles. The van der Waals surface area contributed by atoms with Crippen molar-refractivity contribution in [3.05, 3.63) is 23.8 Å². The SMILES string of the molecule is CS(=O)(=O)NC[C@H]1CCC[C@@H]1NC(=O)c1ccc2c(c1)OCO2. The van der Waals surface area contributed by atoms with E-state index in [0.717, 1.165) is 25.5 Å². The fraction of sp³-hybridized carbons (Fsp3) is 0.533. The predicted molar refractivity (Wildman–Crippen MR) is 84.0 cm³/mol. The van der Waals surface area contributed by atoms with Gasteiger partial charge in [0.05, 0.1) is 6.26 Å². The average molecular weight is 340 g/mol. The molecule has 1 saturated carbocycles. The topological polar surface area (TPSA) is 93.7 Å². The highest BCUT2D eigenvalue weighted by Gasteiger charge is 2.29. The molecular formula is C15H20N2O5S. The van der Waals surface area contributed by atoms with Gasteiger partial charge >= 0.3 is 0 Å². The third kappa shape index (κ3) is 3.94. The van der Waals surface area contributed by atoms with Gasteiger partial charge in [0.15, 0.2) is 11.5 Å². The summed E-state index contributed by atoms with van der Waals surface area (Å²) >= 11 is 0. The van der Waals surface area contributed by atoms with Gasteiger partial charge in [0.25, 0.3) is 5.91 Å². The second-order valence-corrected chi connectivity index (χ2v) is 7.79. The van der Waals surface area contributed by atoms with Crippen molar-refractivity contribution in [1.29, 1.82) is 0 Å². The smallest absolute Gasteiger partial charge is 0.251 e. The highest BCUT2D eigenvalue weighted by Crippen LogP contribution is 2.32. The highest BCUT2D eigenvalue weighted by atomic mass is 32.2. The van der Waals surface area contributed by atoms with E-state index in [4.69, 9.17) is 9.47 Å². The van der Waals surface area contributed by atoms with Crippen LogP contribution in [0.15, 0.2) is 18.2 Å². The number of hydrogen-bond donors (Lipinski definition) is 2. The normalized spacial score (nSPS) is 23.0. The van der Waals surface area contributed by atoms with Crippen LogP contribution >= 0.6 is 0 Å². The van der Waals surface area contributed by atoms with Crippen molar-refractivity contribution in [2.75, 3.05) is 19.6 Å². The molecule has 2 aliphatic rings. The van der Waals surface area contributed by atoms with E-state index in [-0.39, 0.29) is 24.7 Å². The fourth-order valence-corrected chi connectivity index (χ4v) is 3.54. The molecule has 23 heavy (non-hydrogen) atoms. The maximum atomic E-state index is 12.4. The Bertz CT molecular complexity index is 704. The van der Waals surface area contributed by atoms with Crippen molar-refractivity contribution in [2.45, 2.75) is 25.3 Å². The summed E-state index contributed by atoms with van der Waals surface area (Å²) in [5.74, 6) is 1.14. The van der Waals surface area contributed by atoms with Crippen LogP contribution in [0.3, 0.4) is 0 Å². The van der Waals surface area contributed by atoms with Crippen LogP contribution in [-0.4, -0.2) is 40.0 Å². The maximum Gasteiger partial charge on any atom is 0.251 e. The Kier molecular flexibility index (Phi) is 4.45. The average Bonchev–Trinajstić information content (AvgIpc) is 3.12. The number of fused-ring (bicyclic) bond motifs is 1. The lowest BCUT2D eigenvalue weighted by atomic mass is 10.0. The van der Waals surface area contributed by atoms with Crippen LogP contribution in [0.4, 0.5) is 0 Å². The molecule has 1 fully saturated rings. The van der Waals surface area contributed by atoms with Gasteiger partial charge in [-0.05, 0) is 37.0 Å². The van der Waals surface area contributed by atoms with Gasteiger partial charge in [-0.15, -0.1) is 0 Å². The summed E-state index contributed by atoms with van der Waals surface area (Å²) < 4.78 is 35.5. The molecule has 2 N–H and O–H groups in total. The van der Waals surface area contributed by atoms with E-state index < -0.39 is 10.0 Å². The third-order valence-corrected chi connectivity index (χ3v) is 4.91. The summed E-state index contributed by atoms with van der Waals surface area (Å²) in [5, 5.41) is 3.00. The molecule has 1 amide bonds. The highest BCUT2D eigenvalue weighted by molar-refractivity contribution is 7.88. The van der Waals surface area contributed by atoms with E-state index in [0.29, 0.717) is 23.6 Å². The summed E-state index contributed by atoms with van der Waals surface area (Å²) in [6.07, 6.45) is 3.87. The first-order chi connectivity index (χ1) is 10.9. The van der Waals surface area contributed by atoms with Gasteiger partial charge in [-0.25, -0.2) is 13.1 Å². The van der Waals surface area contributed by atoms with Crippen LogP contribution in [0.2, 0.25) is 0 Å². The molecule has 1 aromatic carbocycles. The summed E-state index contributed by atoms with van der Waals surface area (Å²) in [7, 11) is -3.22. The van der Waals surface area contributed by atoms with Crippen molar-refractivity contribution >= 4 is 15.9 Å². The lowest BCUT2D eigenvalue weighted by Crippen LogP contribution is -2.41. The Labute approximate surface area is 135 Å². The van der Waals surface area contributed by atoms with Crippen LogP contribution in [0, 0.1) is 5.92 Å². The molecule has 8 heteroatoms. The first kappa shape index (κ1) is 16.1. The van der Waals surface area contributed by atoms with E-state index in [1.54, 1.807) is 18.2 Å². The minimum atomic E-state index is -3.22. The van der Waals surface area contributed by atoms with Crippen LogP contribution in [0.25, 0.3) is 0 Å². The van der Waals surface area contributed by atoms with E-state index in [2.05, 4.69) is 10.0 Å². The molecule has 1 heterocycles. The lowest BCUT2D eigenvalue weighted by Gasteiger charge is -2.21. The van der Waals surface area contributed by atoms with Gasteiger partial charge in [0.1, 0.15) is 0 Å². The Balaban J connectivity index is 1.62. The van der Waals surface area contributed by atoms with Gasteiger partial charge in [0, 0.05) is 18.2 Å². The van der Waals surface area contributed by atoms with Crippen LogP contribution in [-0.2, 0) is 10.0 Å². The third-order valence-electron chi connectivity index (χ3n) is 4.22. The zero-order chi connectivity index (χ0) is 16.4. The van der Waals surface area contributed by atoms with Crippen molar-refractivity contribution in [1.82, 2.24) is 10.0 Å². The molecule has 0 saturated heterocycles. The van der Waals surface area contributed by atoms with E-state index in [1.165, 1.54) is 0 Å². The monoisotopic (exact) mass is 340 g/mol. The number of ether oxygens (including phenoxy) is 2. The van der Waals surface area contributed by atoms with Gasteiger partial charge in [0.2, 0.25) is 16.8 Å².